The number of rotatable bonds is 4. The van der Waals surface area contributed by atoms with Gasteiger partial charge in [0.2, 0.25) is 5.91 Å². The summed E-state index contributed by atoms with van der Waals surface area (Å²) in [5, 5.41) is 6.10. The highest BCUT2D eigenvalue weighted by Gasteiger charge is 2.33. The fourth-order valence-electron chi connectivity index (χ4n) is 3.90. The Balaban J connectivity index is 1.42. The van der Waals surface area contributed by atoms with E-state index in [9.17, 15) is 9.59 Å². The van der Waals surface area contributed by atoms with Crippen molar-refractivity contribution < 1.29 is 14.3 Å². The summed E-state index contributed by atoms with van der Waals surface area (Å²) in [4.78, 5) is 26.8. The van der Waals surface area contributed by atoms with Crippen LogP contribution in [0.4, 0.5) is 10.5 Å². The molecule has 1 saturated heterocycles. The summed E-state index contributed by atoms with van der Waals surface area (Å²) in [6.45, 7) is 7.35. The molecule has 0 aromatic heterocycles. The van der Waals surface area contributed by atoms with Crippen LogP contribution in [0.1, 0.15) is 46.5 Å². The Morgan fingerprint density at radius 2 is 1.78 bits per heavy atom. The number of nitrogens with zero attached hydrogens (tertiary/aromatic N) is 1. The predicted octanol–water partition coefficient (Wildman–Crippen LogP) is 3.07. The van der Waals surface area contributed by atoms with E-state index < -0.39 is 11.7 Å². The second kappa shape index (κ2) is 8.19. The number of benzene rings is 1. The maximum atomic E-state index is 12.6. The van der Waals surface area contributed by atoms with Crippen LogP contribution in [0.25, 0.3) is 0 Å². The van der Waals surface area contributed by atoms with Gasteiger partial charge in [-0.3, -0.25) is 4.79 Å². The molecule has 0 bridgehead atoms. The number of amides is 2. The van der Waals surface area contributed by atoms with E-state index in [1.165, 1.54) is 5.69 Å². The van der Waals surface area contributed by atoms with Crippen LogP contribution in [0.3, 0.4) is 0 Å². The number of nitrogens with one attached hydrogen (secondary N) is 2. The largest absolute Gasteiger partial charge is 0.444 e. The van der Waals surface area contributed by atoms with Crippen molar-refractivity contribution in [2.45, 2.75) is 64.1 Å². The molecule has 3 rings (SSSR count). The van der Waals surface area contributed by atoms with Gasteiger partial charge in [-0.2, -0.15) is 0 Å². The summed E-state index contributed by atoms with van der Waals surface area (Å²) >= 11 is 0. The molecule has 1 heterocycles. The van der Waals surface area contributed by atoms with Gasteiger partial charge in [-0.15, -0.1) is 0 Å². The van der Waals surface area contributed by atoms with Crippen LogP contribution in [-0.2, 0) is 9.53 Å². The quantitative estimate of drug-likeness (QED) is 0.851. The first-order valence-electron chi connectivity index (χ1n) is 9.90. The zero-order chi connectivity index (χ0) is 19.4. The molecule has 1 saturated carbocycles. The Kier molecular flexibility index (Phi) is 5.92. The maximum Gasteiger partial charge on any atom is 0.407 e. The number of alkyl carbamates (subject to hydrolysis) is 1. The molecule has 0 unspecified atom stereocenters. The van der Waals surface area contributed by atoms with Crippen molar-refractivity contribution in [1.29, 1.82) is 0 Å². The Morgan fingerprint density at radius 1 is 1.04 bits per heavy atom. The smallest absolute Gasteiger partial charge is 0.407 e. The summed E-state index contributed by atoms with van der Waals surface area (Å²) in [5.41, 5.74) is 0.698. The number of anilines is 1. The number of carbonyl (C=O) groups excluding carboxylic acids is 2. The van der Waals surface area contributed by atoms with Crippen LogP contribution in [0, 0.1) is 5.92 Å². The minimum atomic E-state index is -0.507. The average Bonchev–Trinajstić information content (AvgIpc) is 3.23. The van der Waals surface area contributed by atoms with E-state index in [0.29, 0.717) is 6.42 Å². The summed E-state index contributed by atoms with van der Waals surface area (Å²) < 4.78 is 5.30. The lowest BCUT2D eigenvalue weighted by atomic mass is 10.1. The Labute approximate surface area is 161 Å². The van der Waals surface area contributed by atoms with Gasteiger partial charge in [0, 0.05) is 36.8 Å². The summed E-state index contributed by atoms with van der Waals surface area (Å²) in [7, 11) is 0. The zero-order valence-corrected chi connectivity index (χ0v) is 16.5. The predicted molar refractivity (Wildman–Crippen MR) is 106 cm³/mol. The molecule has 6 nitrogen and oxygen atoms in total. The van der Waals surface area contributed by atoms with Crippen LogP contribution in [0.5, 0.6) is 0 Å². The lowest BCUT2D eigenvalue weighted by Crippen LogP contribution is -2.41. The molecule has 1 aliphatic carbocycles. The van der Waals surface area contributed by atoms with Gasteiger partial charge in [-0.1, -0.05) is 18.2 Å². The third-order valence-electron chi connectivity index (χ3n) is 5.18. The number of hydrogen-bond acceptors (Lipinski definition) is 4. The van der Waals surface area contributed by atoms with Crippen LogP contribution in [0.2, 0.25) is 0 Å². The number of hydrogen-bond donors (Lipinski definition) is 2. The molecule has 2 N–H and O–H groups in total. The monoisotopic (exact) mass is 373 g/mol. The molecule has 0 spiro atoms. The summed E-state index contributed by atoms with van der Waals surface area (Å²) in [6.07, 6.45) is 2.87. The standard InChI is InChI=1S/C21H31N3O3/c1-21(2,3)27-20(26)23-16-10-9-15(13-16)19(25)22-17-11-12-24(14-17)18-7-5-4-6-8-18/h4-8,15-17H,9-14H2,1-3H3,(H,22,25)(H,23,26)/t15-,16-,17+/m1/s1. The van der Waals surface area contributed by atoms with E-state index >= 15 is 0 Å². The van der Waals surface area contributed by atoms with Gasteiger partial charge in [-0.25, -0.2) is 4.79 Å². The van der Waals surface area contributed by atoms with E-state index in [1.54, 1.807) is 0 Å². The van der Waals surface area contributed by atoms with E-state index in [0.717, 1.165) is 32.4 Å². The number of para-hydroxylation sites is 1. The summed E-state index contributed by atoms with van der Waals surface area (Å²) in [5.74, 6) is 0.0825. The van der Waals surface area contributed by atoms with Gasteiger partial charge in [0.1, 0.15) is 5.60 Å². The number of ether oxygens (including phenoxy) is 1. The van der Waals surface area contributed by atoms with Gasteiger partial charge < -0.3 is 20.3 Å². The Hall–Kier alpha value is -2.24. The SMILES string of the molecule is CC(C)(C)OC(=O)N[C@@H]1CC[C@@H](C(=O)N[C@H]2CCN(c3ccccc3)C2)C1. The normalized spacial score (nSPS) is 25.3. The molecule has 2 amide bonds. The minimum absolute atomic E-state index is 0.0139. The first kappa shape index (κ1) is 19.5. The second-order valence-corrected chi connectivity index (χ2v) is 8.63. The molecule has 2 aliphatic rings. The average molecular weight is 373 g/mol. The Bertz CT molecular complexity index is 656. The third-order valence-corrected chi connectivity index (χ3v) is 5.18. The topological polar surface area (TPSA) is 70.7 Å². The zero-order valence-electron chi connectivity index (χ0n) is 16.5. The fraction of sp³-hybridized carbons (Fsp3) is 0.619. The van der Waals surface area contributed by atoms with E-state index in [2.05, 4.69) is 27.7 Å². The van der Waals surface area contributed by atoms with Crippen molar-refractivity contribution in [3.63, 3.8) is 0 Å². The van der Waals surface area contributed by atoms with Gasteiger partial charge in [0.15, 0.2) is 0 Å². The first-order chi connectivity index (χ1) is 12.8. The highest BCUT2D eigenvalue weighted by Crippen LogP contribution is 2.27. The molecule has 148 valence electrons. The Morgan fingerprint density at radius 3 is 2.48 bits per heavy atom. The second-order valence-electron chi connectivity index (χ2n) is 8.63. The van der Waals surface area contributed by atoms with E-state index in [4.69, 9.17) is 4.74 Å². The molecular formula is C21H31N3O3. The van der Waals surface area contributed by atoms with Gasteiger partial charge in [0.05, 0.1) is 0 Å². The molecule has 27 heavy (non-hydrogen) atoms. The highest BCUT2D eigenvalue weighted by molar-refractivity contribution is 5.79. The van der Waals surface area contributed by atoms with Crippen molar-refractivity contribution >= 4 is 17.7 Å². The van der Waals surface area contributed by atoms with Gasteiger partial charge in [-0.05, 0) is 58.6 Å². The van der Waals surface area contributed by atoms with Gasteiger partial charge >= 0.3 is 6.09 Å². The molecule has 1 aromatic carbocycles. The van der Waals surface area contributed by atoms with Crippen LogP contribution in [-0.4, -0.2) is 42.8 Å². The molecule has 0 radical (unpaired) electrons. The van der Waals surface area contributed by atoms with Crippen LogP contribution in [0.15, 0.2) is 30.3 Å². The maximum absolute atomic E-state index is 12.6. The van der Waals surface area contributed by atoms with Gasteiger partial charge in [0.25, 0.3) is 0 Å². The van der Waals surface area contributed by atoms with Crippen molar-refractivity contribution in [2.24, 2.45) is 5.92 Å². The summed E-state index contributed by atoms with van der Waals surface area (Å²) in [6, 6.07) is 10.5. The molecular weight excluding hydrogens is 342 g/mol. The van der Waals surface area contributed by atoms with E-state index in [-0.39, 0.29) is 23.9 Å². The lowest BCUT2D eigenvalue weighted by molar-refractivity contribution is -0.125. The lowest BCUT2D eigenvalue weighted by Gasteiger charge is -2.22. The van der Waals surface area contributed by atoms with E-state index in [1.807, 2.05) is 39.0 Å². The molecule has 3 atom stereocenters. The first-order valence-corrected chi connectivity index (χ1v) is 9.90. The van der Waals surface area contributed by atoms with Crippen molar-refractivity contribution in [3.8, 4) is 0 Å². The third kappa shape index (κ3) is 5.62. The van der Waals surface area contributed by atoms with Crippen molar-refractivity contribution in [1.82, 2.24) is 10.6 Å². The molecule has 1 aromatic rings. The fourth-order valence-corrected chi connectivity index (χ4v) is 3.90. The minimum Gasteiger partial charge on any atom is -0.444 e. The van der Waals surface area contributed by atoms with Crippen molar-refractivity contribution in [3.05, 3.63) is 30.3 Å². The molecule has 2 fully saturated rings. The van der Waals surface area contributed by atoms with Crippen LogP contribution >= 0.6 is 0 Å². The molecule has 6 heteroatoms. The highest BCUT2D eigenvalue weighted by atomic mass is 16.6. The van der Waals surface area contributed by atoms with Crippen molar-refractivity contribution in [2.75, 3.05) is 18.0 Å². The van der Waals surface area contributed by atoms with Crippen LogP contribution < -0.4 is 15.5 Å². The molecule has 1 aliphatic heterocycles. The number of carbonyl (C=O) groups is 2.